The summed E-state index contributed by atoms with van der Waals surface area (Å²) < 4.78 is 25.9. The molecule has 0 unspecified atom stereocenters. The fourth-order valence-corrected chi connectivity index (χ4v) is 2.26. The van der Waals surface area contributed by atoms with Gasteiger partial charge in [-0.2, -0.15) is 0 Å². The van der Waals surface area contributed by atoms with Crippen molar-refractivity contribution in [1.29, 1.82) is 0 Å². The largest absolute Gasteiger partial charge is 0.332 e. The molecule has 0 aliphatic carbocycles. The third-order valence-electron chi connectivity index (χ3n) is 2.51. The van der Waals surface area contributed by atoms with Crippen LogP contribution in [0.4, 0.5) is 20.2 Å². The zero-order valence-electron chi connectivity index (χ0n) is 10.6. The third kappa shape index (κ3) is 3.91. The first kappa shape index (κ1) is 14.7. The van der Waals surface area contributed by atoms with Gasteiger partial charge >= 0.3 is 0 Å². The van der Waals surface area contributed by atoms with Crippen LogP contribution in [0.3, 0.4) is 0 Å². The van der Waals surface area contributed by atoms with Gasteiger partial charge in [-0.15, -0.1) is 11.8 Å². The topological polar surface area (TPSA) is 24.1 Å². The molecule has 0 aliphatic rings. The second kappa shape index (κ2) is 6.67. The Morgan fingerprint density at radius 1 is 1.00 bits per heavy atom. The van der Waals surface area contributed by atoms with Crippen molar-refractivity contribution in [2.24, 2.45) is 0 Å². The van der Waals surface area contributed by atoms with Gasteiger partial charge in [0.1, 0.15) is 0 Å². The zero-order valence-corrected chi connectivity index (χ0v) is 12.2. The normalized spacial score (nSPS) is 10.2. The minimum Gasteiger partial charge on any atom is -0.332 e. The monoisotopic (exact) mass is 310 g/mol. The fourth-order valence-electron chi connectivity index (χ4n) is 1.57. The molecule has 20 heavy (non-hydrogen) atoms. The minimum atomic E-state index is -0.915. The lowest BCUT2D eigenvalue weighted by molar-refractivity contribution is 0.509. The maximum absolute atomic E-state index is 13.1. The van der Waals surface area contributed by atoms with E-state index in [9.17, 15) is 8.78 Å². The molecular formula is C14H12F2N2S2. The zero-order chi connectivity index (χ0) is 14.5. The number of hydrogen-bond donors (Lipinski definition) is 2. The first-order chi connectivity index (χ1) is 9.58. The van der Waals surface area contributed by atoms with Crippen molar-refractivity contribution in [3.8, 4) is 0 Å². The van der Waals surface area contributed by atoms with Crippen LogP contribution in [-0.2, 0) is 0 Å². The van der Waals surface area contributed by atoms with Crippen molar-refractivity contribution < 1.29 is 8.78 Å². The van der Waals surface area contributed by atoms with Crippen molar-refractivity contribution >= 4 is 40.5 Å². The fraction of sp³-hybridized carbons (Fsp3) is 0.0714. The van der Waals surface area contributed by atoms with Gasteiger partial charge in [0.05, 0.1) is 0 Å². The predicted octanol–water partition coefficient (Wildman–Crippen LogP) is 4.50. The number of hydrogen-bond acceptors (Lipinski definition) is 2. The molecule has 2 aromatic carbocycles. The lowest BCUT2D eigenvalue weighted by atomic mass is 10.3. The average molecular weight is 310 g/mol. The Labute approximate surface area is 125 Å². The van der Waals surface area contributed by atoms with E-state index in [4.69, 9.17) is 12.2 Å². The summed E-state index contributed by atoms with van der Waals surface area (Å²) in [5.41, 5.74) is 1.22. The minimum absolute atomic E-state index is 0.314. The summed E-state index contributed by atoms with van der Waals surface area (Å²) in [6.07, 6.45) is 1.98. The van der Waals surface area contributed by atoms with Gasteiger partial charge in [-0.25, -0.2) is 8.78 Å². The first-order valence-electron chi connectivity index (χ1n) is 5.75. The Morgan fingerprint density at radius 3 is 2.35 bits per heavy atom. The van der Waals surface area contributed by atoms with Gasteiger partial charge in [0.25, 0.3) is 0 Å². The Hall–Kier alpha value is -1.66. The van der Waals surface area contributed by atoms with Crippen LogP contribution in [0.25, 0.3) is 0 Å². The van der Waals surface area contributed by atoms with Crippen LogP contribution in [0.1, 0.15) is 0 Å². The van der Waals surface area contributed by atoms with Crippen LogP contribution in [0.15, 0.2) is 47.4 Å². The molecule has 6 heteroatoms. The highest BCUT2D eigenvalue weighted by atomic mass is 32.2. The number of anilines is 2. The lowest BCUT2D eigenvalue weighted by Crippen LogP contribution is -2.19. The maximum Gasteiger partial charge on any atom is 0.175 e. The first-order valence-corrected chi connectivity index (χ1v) is 7.39. The standard InChI is InChI=1S/C14H12F2N2S2/c1-20-11-4-2-3-9(7-11)17-14(19)18-10-5-6-12(15)13(16)8-10/h2-8H,1H3,(H2,17,18,19). The molecule has 0 atom stereocenters. The summed E-state index contributed by atoms with van der Waals surface area (Å²) in [6, 6.07) is 11.2. The molecule has 0 saturated carbocycles. The van der Waals surface area contributed by atoms with Crippen LogP contribution in [0.5, 0.6) is 0 Å². The van der Waals surface area contributed by atoms with Crippen molar-refractivity contribution in [2.45, 2.75) is 4.90 Å². The number of halogens is 2. The van der Waals surface area contributed by atoms with Gasteiger partial charge in [-0.05, 0) is 48.8 Å². The van der Waals surface area contributed by atoms with E-state index in [1.54, 1.807) is 11.8 Å². The third-order valence-corrected chi connectivity index (χ3v) is 3.43. The van der Waals surface area contributed by atoms with Crippen molar-refractivity contribution in [3.05, 3.63) is 54.1 Å². The summed E-state index contributed by atoms with van der Waals surface area (Å²) in [4.78, 5) is 1.10. The van der Waals surface area contributed by atoms with Gasteiger partial charge in [0, 0.05) is 22.3 Å². The molecular weight excluding hydrogens is 298 g/mol. The molecule has 0 aliphatic heterocycles. The maximum atomic E-state index is 13.1. The smallest absolute Gasteiger partial charge is 0.175 e. The van der Waals surface area contributed by atoms with Crippen LogP contribution >= 0.6 is 24.0 Å². The Bertz CT molecular complexity index is 632. The lowest BCUT2D eigenvalue weighted by Gasteiger charge is -2.11. The molecule has 0 spiro atoms. The number of rotatable bonds is 3. The average Bonchev–Trinajstić information content (AvgIpc) is 2.43. The molecule has 0 saturated heterocycles. The van der Waals surface area contributed by atoms with Crippen molar-refractivity contribution in [3.63, 3.8) is 0 Å². The van der Waals surface area contributed by atoms with E-state index < -0.39 is 11.6 Å². The molecule has 104 valence electrons. The van der Waals surface area contributed by atoms with Crippen molar-refractivity contribution in [1.82, 2.24) is 0 Å². The van der Waals surface area contributed by atoms with Gasteiger partial charge in [0.15, 0.2) is 16.7 Å². The summed E-state index contributed by atoms with van der Waals surface area (Å²) in [6.45, 7) is 0. The predicted molar refractivity (Wildman–Crippen MR) is 84.4 cm³/mol. The summed E-state index contributed by atoms with van der Waals surface area (Å²) in [5, 5.41) is 6.11. The van der Waals surface area contributed by atoms with E-state index in [0.29, 0.717) is 10.8 Å². The Morgan fingerprint density at radius 2 is 1.70 bits per heavy atom. The van der Waals surface area contributed by atoms with E-state index in [0.717, 1.165) is 22.7 Å². The second-order valence-electron chi connectivity index (χ2n) is 3.94. The molecule has 2 rings (SSSR count). The summed E-state index contributed by atoms with van der Waals surface area (Å²) in [5.74, 6) is -1.80. The van der Waals surface area contributed by atoms with Crippen LogP contribution < -0.4 is 10.6 Å². The summed E-state index contributed by atoms with van der Waals surface area (Å²) in [7, 11) is 0. The molecule has 2 N–H and O–H groups in total. The number of benzene rings is 2. The number of thiocarbonyl (C=S) groups is 1. The van der Waals surface area contributed by atoms with Gasteiger partial charge in [0.2, 0.25) is 0 Å². The molecule has 0 aromatic heterocycles. The van der Waals surface area contributed by atoms with E-state index in [1.165, 1.54) is 6.07 Å². The number of nitrogens with one attached hydrogen (secondary N) is 2. The van der Waals surface area contributed by atoms with Crippen LogP contribution in [0.2, 0.25) is 0 Å². The molecule has 0 bridgehead atoms. The Balaban J connectivity index is 2.03. The molecule has 0 heterocycles. The van der Waals surface area contributed by atoms with Crippen LogP contribution in [-0.4, -0.2) is 11.4 Å². The highest BCUT2D eigenvalue weighted by Gasteiger charge is 2.04. The van der Waals surface area contributed by atoms with Crippen LogP contribution in [0, 0.1) is 11.6 Å². The Kier molecular flexibility index (Phi) is 4.92. The van der Waals surface area contributed by atoms with Crippen molar-refractivity contribution in [2.75, 3.05) is 16.9 Å². The van der Waals surface area contributed by atoms with E-state index in [1.807, 2.05) is 30.5 Å². The quantitative estimate of drug-likeness (QED) is 0.644. The highest BCUT2D eigenvalue weighted by Crippen LogP contribution is 2.19. The molecule has 0 amide bonds. The van der Waals surface area contributed by atoms with E-state index in [2.05, 4.69) is 10.6 Å². The van der Waals surface area contributed by atoms with Gasteiger partial charge in [-0.1, -0.05) is 6.07 Å². The van der Waals surface area contributed by atoms with E-state index in [-0.39, 0.29) is 0 Å². The van der Waals surface area contributed by atoms with Gasteiger partial charge in [-0.3, -0.25) is 0 Å². The van der Waals surface area contributed by atoms with Gasteiger partial charge < -0.3 is 10.6 Å². The molecule has 0 radical (unpaired) electrons. The molecule has 2 aromatic rings. The van der Waals surface area contributed by atoms with E-state index >= 15 is 0 Å². The number of thioether (sulfide) groups is 1. The molecule has 2 nitrogen and oxygen atoms in total. The molecule has 0 fully saturated rings. The summed E-state index contributed by atoms with van der Waals surface area (Å²) >= 11 is 6.75. The SMILES string of the molecule is CSc1cccc(NC(=S)Nc2ccc(F)c(F)c2)c1. The second-order valence-corrected chi connectivity index (χ2v) is 5.23. The highest BCUT2D eigenvalue weighted by molar-refractivity contribution is 7.98.